The summed E-state index contributed by atoms with van der Waals surface area (Å²) in [5.74, 6) is -1.04. The molecule has 1 fully saturated rings. The van der Waals surface area contributed by atoms with Crippen molar-refractivity contribution in [1.82, 2.24) is 5.32 Å². The molecule has 0 bridgehead atoms. The van der Waals surface area contributed by atoms with E-state index < -0.39 is 5.25 Å². The predicted octanol–water partition coefficient (Wildman–Crippen LogP) is 2.51. The topological polar surface area (TPSA) is 66.5 Å². The van der Waals surface area contributed by atoms with E-state index in [4.69, 9.17) is 0 Å². The Labute approximate surface area is 154 Å². The number of hydrogen-bond acceptors (Lipinski definition) is 4. The maximum atomic E-state index is 12.8. The number of imide groups is 1. The summed E-state index contributed by atoms with van der Waals surface area (Å²) >= 11 is 1.16. The third-order valence-corrected chi connectivity index (χ3v) is 5.14. The average molecular weight is 372 g/mol. The van der Waals surface area contributed by atoms with Crippen LogP contribution in [-0.2, 0) is 20.9 Å². The SMILES string of the molecule is O=C(CS[C@@H]1CC(=O)N(c2ccccc2)C1=O)NCc1ccc(F)cc1. The Hall–Kier alpha value is -2.67. The number of para-hydroxylation sites is 1. The Balaban J connectivity index is 1.50. The molecule has 1 atom stereocenters. The third kappa shape index (κ3) is 4.29. The zero-order valence-corrected chi connectivity index (χ0v) is 14.7. The highest BCUT2D eigenvalue weighted by molar-refractivity contribution is 8.01. The van der Waals surface area contributed by atoms with Gasteiger partial charge in [0.05, 0.1) is 16.7 Å². The second-order valence-electron chi connectivity index (χ2n) is 5.81. The van der Waals surface area contributed by atoms with E-state index in [1.807, 2.05) is 6.07 Å². The third-order valence-electron chi connectivity index (χ3n) is 3.94. The molecule has 0 unspecified atom stereocenters. The van der Waals surface area contributed by atoms with Crippen LogP contribution in [-0.4, -0.2) is 28.7 Å². The van der Waals surface area contributed by atoms with Crippen LogP contribution in [0.5, 0.6) is 0 Å². The van der Waals surface area contributed by atoms with Crippen molar-refractivity contribution in [3.8, 4) is 0 Å². The summed E-state index contributed by atoms with van der Waals surface area (Å²) in [7, 11) is 0. The Morgan fingerprint density at radius 3 is 2.50 bits per heavy atom. The number of thioether (sulfide) groups is 1. The summed E-state index contributed by atoms with van der Waals surface area (Å²) in [6, 6.07) is 14.6. The highest BCUT2D eigenvalue weighted by Crippen LogP contribution is 2.29. The molecule has 1 heterocycles. The molecule has 0 aliphatic carbocycles. The number of rotatable bonds is 6. The summed E-state index contributed by atoms with van der Waals surface area (Å²) in [5.41, 5.74) is 1.33. The number of halogens is 1. The molecule has 0 saturated carbocycles. The summed E-state index contributed by atoms with van der Waals surface area (Å²) in [5, 5.41) is 2.16. The van der Waals surface area contributed by atoms with Gasteiger partial charge in [-0.25, -0.2) is 9.29 Å². The molecule has 134 valence electrons. The first-order valence-electron chi connectivity index (χ1n) is 8.09. The molecule has 3 rings (SSSR count). The van der Waals surface area contributed by atoms with E-state index in [0.29, 0.717) is 5.69 Å². The van der Waals surface area contributed by atoms with Crippen LogP contribution in [0.15, 0.2) is 54.6 Å². The normalized spacial score (nSPS) is 16.8. The van der Waals surface area contributed by atoms with E-state index in [0.717, 1.165) is 17.3 Å². The monoisotopic (exact) mass is 372 g/mol. The van der Waals surface area contributed by atoms with Gasteiger partial charge in [-0.1, -0.05) is 30.3 Å². The number of hydrogen-bond donors (Lipinski definition) is 1. The van der Waals surface area contributed by atoms with Gasteiger partial charge >= 0.3 is 0 Å². The molecule has 26 heavy (non-hydrogen) atoms. The molecule has 1 aliphatic heterocycles. The number of nitrogens with one attached hydrogen (secondary N) is 1. The highest BCUT2D eigenvalue weighted by atomic mass is 32.2. The molecule has 2 aromatic rings. The van der Waals surface area contributed by atoms with Crippen molar-refractivity contribution in [2.45, 2.75) is 18.2 Å². The second kappa shape index (κ2) is 8.14. The molecule has 7 heteroatoms. The Kier molecular flexibility index (Phi) is 5.68. The lowest BCUT2D eigenvalue weighted by atomic mass is 10.2. The van der Waals surface area contributed by atoms with Gasteiger partial charge in [-0.2, -0.15) is 0 Å². The van der Waals surface area contributed by atoms with Crippen molar-refractivity contribution in [3.63, 3.8) is 0 Å². The van der Waals surface area contributed by atoms with E-state index in [1.165, 1.54) is 17.0 Å². The summed E-state index contributed by atoms with van der Waals surface area (Å²) < 4.78 is 12.8. The predicted molar refractivity (Wildman–Crippen MR) is 98.0 cm³/mol. The van der Waals surface area contributed by atoms with Crippen molar-refractivity contribution >= 4 is 35.2 Å². The Bertz CT molecular complexity index is 811. The number of nitrogens with zero attached hydrogens (tertiary/aromatic N) is 1. The first-order chi connectivity index (χ1) is 12.5. The molecule has 3 amide bonds. The van der Waals surface area contributed by atoms with E-state index >= 15 is 0 Å². The molecule has 1 saturated heterocycles. The summed E-state index contributed by atoms with van der Waals surface area (Å²) in [4.78, 5) is 37.7. The van der Waals surface area contributed by atoms with Crippen LogP contribution in [0.2, 0.25) is 0 Å². The van der Waals surface area contributed by atoms with E-state index in [2.05, 4.69) is 5.32 Å². The quantitative estimate of drug-likeness (QED) is 0.792. The fourth-order valence-electron chi connectivity index (χ4n) is 2.61. The van der Waals surface area contributed by atoms with Crippen LogP contribution >= 0.6 is 11.8 Å². The fraction of sp³-hybridized carbons (Fsp3) is 0.211. The van der Waals surface area contributed by atoms with Gasteiger partial charge in [0.15, 0.2) is 0 Å². The lowest BCUT2D eigenvalue weighted by Gasteiger charge is -2.14. The molecule has 0 radical (unpaired) electrons. The van der Waals surface area contributed by atoms with Gasteiger partial charge in [0, 0.05) is 13.0 Å². The molecular weight excluding hydrogens is 355 g/mol. The second-order valence-corrected chi connectivity index (χ2v) is 7.00. The van der Waals surface area contributed by atoms with Gasteiger partial charge in [0.25, 0.3) is 0 Å². The van der Waals surface area contributed by atoms with Gasteiger partial charge in [0.2, 0.25) is 17.7 Å². The van der Waals surface area contributed by atoms with Gasteiger partial charge in [-0.3, -0.25) is 14.4 Å². The maximum Gasteiger partial charge on any atom is 0.247 e. The van der Waals surface area contributed by atoms with Crippen molar-refractivity contribution in [1.29, 1.82) is 0 Å². The first-order valence-corrected chi connectivity index (χ1v) is 9.14. The lowest BCUT2D eigenvalue weighted by molar-refractivity contribution is -0.121. The smallest absolute Gasteiger partial charge is 0.247 e. The van der Waals surface area contributed by atoms with E-state index in [9.17, 15) is 18.8 Å². The molecule has 0 spiro atoms. The molecule has 0 aromatic heterocycles. The molecule has 1 aliphatic rings. The Morgan fingerprint density at radius 2 is 1.81 bits per heavy atom. The number of benzene rings is 2. The van der Waals surface area contributed by atoms with E-state index in [-0.39, 0.29) is 42.3 Å². The number of carbonyl (C=O) groups excluding carboxylic acids is 3. The van der Waals surface area contributed by atoms with Crippen molar-refractivity contribution in [2.24, 2.45) is 0 Å². The standard InChI is InChI=1S/C19H17FN2O3S/c20-14-8-6-13(7-9-14)11-21-17(23)12-26-16-10-18(24)22(19(16)25)15-4-2-1-3-5-15/h1-9,16H,10-12H2,(H,21,23)/t16-/m1/s1. The van der Waals surface area contributed by atoms with Gasteiger partial charge < -0.3 is 5.32 Å². The zero-order chi connectivity index (χ0) is 18.5. The Morgan fingerprint density at radius 1 is 1.12 bits per heavy atom. The van der Waals surface area contributed by atoms with Crippen LogP contribution < -0.4 is 10.2 Å². The largest absolute Gasteiger partial charge is 0.351 e. The number of anilines is 1. The zero-order valence-electron chi connectivity index (χ0n) is 13.9. The van der Waals surface area contributed by atoms with Crippen molar-refractivity contribution in [3.05, 3.63) is 66.0 Å². The van der Waals surface area contributed by atoms with Crippen molar-refractivity contribution in [2.75, 3.05) is 10.7 Å². The van der Waals surface area contributed by atoms with Crippen LogP contribution in [0.4, 0.5) is 10.1 Å². The van der Waals surface area contributed by atoms with E-state index in [1.54, 1.807) is 36.4 Å². The first kappa shape index (κ1) is 18.1. The molecule has 5 nitrogen and oxygen atoms in total. The van der Waals surface area contributed by atoms with Crippen LogP contribution in [0, 0.1) is 5.82 Å². The van der Waals surface area contributed by atoms with Crippen LogP contribution in [0.1, 0.15) is 12.0 Å². The minimum absolute atomic E-state index is 0.0769. The molecule has 1 N–H and O–H groups in total. The summed E-state index contributed by atoms with van der Waals surface area (Å²) in [6.07, 6.45) is 0.0869. The van der Waals surface area contributed by atoms with Gasteiger partial charge in [0.1, 0.15) is 5.82 Å². The number of carbonyl (C=O) groups is 3. The van der Waals surface area contributed by atoms with Gasteiger partial charge in [-0.15, -0.1) is 11.8 Å². The van der Waals surface area contributed by atoms with Crippen LogP contribution in [0.3, 0.4) is 0 Å². The highest BCUT2D eigenvalue weighted by Gasteiger charge is 2.39. The fourth-order valence-corrected chi connectivity index (χ4v) is 3.58. The minimum atomic E-state index is -0.556. The minimum Gasteiger partial charge on any atom is -0.351 e. The molecular formula is C19H17FN2O3S. The van der Waals surface area contributed by atoms with Crippen molar-refractivity contribution < 1.29 is 18.8 Å². The molecule has 2 aromatic carbocycles. The number of amides is 3. The van der Waals surface area contributed by atoms with Gasteiger partial charge in [-0.05, 0) is 29.8 Å². The lowest BCUT2D eigenvalue weighted by Crippen LogP contribution is -2.32. The van der Waals surface area contributed by atoms with Crippen LogP contribution in [0.25, 0.3) is 0 Å². The maximum absolute atomic E-state index is 12.8. The average Bonchev–Trinajstić information content (AvgIpc) is 2.93. The summed E-state index contributed by atoms with van der Waals surface area (Å²) in [6.45, 7) is 0.285.